The van der Waals surface area contributed by atoms with E-state index in [0.29, 0.717) is 17.9 Å². The molecule has 0 saturated carbocycles. The van der Waals surface area contributed by atoms with Gasteiger partial charge in [-0.2, -0.15) is 26.3 Å². The second-order valence-electron chi connectivity index (χ2n) is 5.14. The van der Waals surface area contributed by atoms with Crippen molar-refractivity contribution in [2.45, 2.75) is 37.8 Å². The van der Waals surface area contributed by atoms with E-state index in [1.165, 1.54) is 6.92 Å². The Morgan fingerprint density at radius 1 is 1.27 bits per heavy atom. The summed E-state index contributed by atoms with van der Waals surface area (Å²) in [7, 11) is 0.901. The van der Waals surface area contributed by atoms with E-state index in [4.69, 9.17) is 5.73 Å². The second-order valence-corrected chi connectivity index (χ2v) is 5.14. The molecule has 2 atom stereocenters. The third kappa shape index (κ3) is 3.42. The third-order valence-electron chi connectivity index (χ3n) is 3.34. The van der Waals surface area contributed by atoms with Crippen molar-refractivity contribution >= 4 is 0 Å². The first-order chi connectivity index (χ1) is 9.72. The van der Waals surface area contributed by atoms with E-state index in [9.17, 15) is 31.4 Å². The van der Waals surface area contributed by atoms with Crippen molar-refractivity contribution in [1.29, 1.82) is 0 Å². The van der Waals surface area contributed by atoms with Gasteiger partial charge in [0.1, 0.15) is 5.57 Å². The monoisotopic (exact) mass is 334 g/mol. The van der Waals surface area contributed by atoms with E-state index in [2.05, 4.69) is 4.74 Å². The number of ether oxygens (including phenoxy) is 1. The number of hydrogen-bond donors (Lipinski definition) is 2. The van der Waals surface area contributed by atoms with Gasteiger partial charge in [-0.25, -0.2) is 0 Å². The quantitative estimate of drug-likeness (QED) is 0.778. The Kier molecular flexibility index (Phi) is 4.67. The highest BCUT2D eigenvalue weighted by Crippen LogP contribution is 2.38. The minimum Gasteiger partial charge on any atom is -0.482 e. The van der Waals surface area contributed by atoms with Crippen molar-refractivity contribution in [2.24, 2.45) is 5.73 Å². The summed E-state index contributed by atoms with van der Waals surface area (Å²) in [5.74, 6) is -0.821. The van der Waals surface area contributed by atoms with Gasteiger partial charge < -0.3 is 20.5 Å². The van der Waals surface area contributed by atoms with Gasteiger partial charge in [-0.05, 0) is 19.9 Å². The van der Waals surface area contributed by atoms with Crippen LogP contribution in [-0.4, -0.2) is 47.7 Å². The maximum Gasteiger partial charge on any atom is 0.421 e. The molecule has 0 amide bonds. The van der Waals surface area contributed by atoms with Crippen LogP contribution in [0.4, 0.5) is 26.3 Å². The van der Waals surface area contributed by atoms with Gasteiger partial charge in [-0.3, -0.25) is 0 Å². The highest BCUT2D eigenvalue weighted by atomic mass is 19.4. The van der Waals surface area contributed by atoms with Crippen molar-refractivity contribution in [2.75, 3.05) is 13.7 Å². The molecule has 0 fully saturated rings. The molecule has 0 bridgehead atoms. The fourth-order valence-electron chi connectivity index (χ4n) is 1.92. The van der Waals surface area contributed by atoms with Gasteiger partial charge in [0.25, 0.3) is 0 Å². The first-order valence-electron chi connectivity index (χ1n) is 6.10. The number of aliphatic hydroxyl groups is 1. The van der Waals surface area contributed by atoms with Crippen LogP contribution in [0.1, 0.15) is 13.8 Å². The lowest BCUT2D eigenvalue weighted by Crippen LogP contribution is -2.55. The average molecular weight is 334 g/mol. The van der Waals surface area contributed by atoms with Crippen LogP contribution in [0.25, 0.3) is 0 Å². The van der Waals surface area contributed by atoms with E-state index in [1.54, 1.807) is 0 Å². The Bertz CT molecular complexity index is 493. The van der Waals surface area contributed by atoms with Crippen LogP contribution in [0.15, 0.2) is 23.2 Å². The predicted octanol–water partition coefficient (Wildman–Crippen LogP) is 2.27. The average Bonchev–Trinajstić information content (AvgIpc) is 2.31. The number of β-amino-alcohol motifs (C(OH)–C–C–N with tert-alkyl or cyclic N) is 1. The molecular formula is C12H16F6N2O2. The lowest BCUT2D eigenvalue weighted by atomic mass is 10.00. The fraction of sp³-hybridized carbons (Fsp3) is 0.667. The van der Waals surface area contributed by atoms with Crippen LogP contribution in [0.3, 0.4) is 0 Å². The molecule has 1 aliphatic heterocycles. The van der Waals surface area contributed by atoms with Crippen molar-refractivity contribution in [3.05, 3.63) is 23.2 Å². The molecule has 3 N–H and O–H groups in total. The van der Waals surface area contributed by atoms with E-state index in [1.807, 2.05) is 0 Å². The summed E-state index contributed by atoms with van der Waals surface area (Å²) >= 11 is 0. The summed E-state index contributed by atoms with van der Waals surface area (Å²) < 4.78 is 81.9. The summed E-state index contributed by atoms with van der Waals surface area (Å²) in [6.07, 6.45) is -9.28. The highest BCUT2D eigenvalue weighted by Gasteiger charge is 2.53. The van der Waals surface area contributed by atoms with Crippen LogP contribution in [0.5, 0.6) is 0 Å². The Labute approximate surface area is 122 Å². The number of rotatable bonds is 3. The molecule has 22 heavy (non-hydrogen) atoms. The molecule has 0 radical (unpaired) electrons. The maximum absolute atomic E-state index is 13.0. The summed E-state index contributed by atoms with van der Waals surface area (Å²) in [6.45, 7) is 0.619. The standard InChI is InChI=1S/C12H16F6N2O2/c1-6-8(19)4-7(11(13,14)15)9(22-3)20(6)5-10(2,21)12(16,17)18/h4,6,21H,5,19H2,1-3H3/t6-,10?/m0/s1. The first-order valence-corrected chi connectivity index (χ1v) is 6.10. The van der Waals surface area contributed by atoms with Crippen LogP contribution in [0.2, 0.25) is 0 Å². The van der Waals surface area contributed by atoms with Crippen LogP contribution >= 0.6 is 0 Å². The zero-order valence-corrected chi connectivity index (χ0v) is 12.0. The van der Waals surface area contributed by atoms with E-state index >= 15 is 0 Å². The lowest BCUT2D eigenvalue weighted by Gasteiger charge is -2.41. The number of methoxy groups -OCH3 is 1. The molecule has 1 aliphatic rings. The minimum atomic E-state index is -5.03. The second kappa shape index (κ2) is 5.56. The molecule has 1 unspecified atom stereocenters. The van der Waals surface area contributed by atoms with Gasteiger partial charge >= 0.3 is 12.4 Å². The number of nitrogens with two attached hydrogens (primary N) is 1. The van der Waals surface area contributed by atoms with E-state index in [0.717, 1.165) is 7.11 Å². The number of nitrogens with zero attached hydrogens (tertiary/aromatic N) is 1. The molecule has 0 aromatic heterocycles. The van der Waals surface area contributed by atoms with Gasteiger partial charge in [0.15, 0.2) is 5.60 Å². The first kappa shape index (κ1) is 18.5. The molecule has 0 aromatic carbocycles. The normalized spacial score (nSPS) is 23.3. The smallest absolute Gasteiger partial charge is 0.421 e. The summed E-state index contributed by atoms with van der Waals surface area (Å²) in [5, 5.41) is 9.52. The number of alkyl halides is 6. The van der Waals surface area contributed by atoms with Crippen molar-refractivity contribution in [1.82, 2.24) is 4.90 Å². The molecule has 0 spiro atoms. The zero-order chi connectivity index (χ0) is 17.5. The van der Waals surface area contributed by atoms with Gasteiger partial charge in [0.05, 0.1) is 19.7 Å². The Morgan fingerprint density at radius 3 is 2.14 bits per heavy atom. The van der Waals surface area contributed by atoms with Crippen LogP contribution in [-0.2, 0) is 4.74 Å². The Morgan fingerprint density at radius 2 is 1.77 bits per heavy atom. The van der Waals surface area contributed by atoms with Crippen molar-refractivity contribution in [3.63, 3.8) is 0 Å². The molecule has 0 saturated heterocycles. The maximum atomic E-state index is 13.0. The molecule has 1 heterocycles. The number of allylic oxidation sites excluding steroid dienone is 2. The van der Waals surface area contributed by atoms with E-state index < -0.39 is 42.0 Å². The van der Waals surface area contributed by atoms with Gasteiger partial charge in [-0.15, -0.1) is 0 Å². The molecule has 10 heteroatoms. The van der Waals surface area contributed by atoms with Gasteiger partial charge in [0.2, 0.25) is 5.88 Å². The molecule has 1 rings (SSSR count). The van der Waals surface area contributed by atoms with Crippen LogP contribution < -0.4 is 5.73 Å². The number of halogens is 6. The molecule has 0 aromatic rings. The highest BCUT2D eigenvalue weighted by molar-refractivity contribution is 5.36. The SMILES string of the molecule is COC1=C(C(F)(F)F)C=C(N)[C@H](C)N1CC(C)(O)C(F)(F)F. The van der Waals surface area contributed by atoms with Crippen LogP contribution in [0, 0.1) is 0 Å². The minimum absolute atomic E-state index is 0.286. The predicted molar refractivity (Wildman–Crippen MR) is 65.2 cm³/mol. The largest absolute Gasteiger partial charge is 0.482 e. The fourth-order valence-corrected chi connectivity index (χ4v) is 1.92. The molecule has 0 aliphatic carbocycles. The third-order valence-corrected chi connectivity index (χ3v) is 3.34. The van der Waals surface area contributed by atoms with Gasteiger partial charge in [0, 0.05) is 5.70 Å². The molecule has 128 valence electrons. The summed E-state index contributed by atoms with van der Waals surface area (Å²) in [6, 6.07) is -1.00. The number of hydrogen-bond acceptors (Lipinski definition) is 4. The molecule has 4 nitrogen and oxygen atoms in total. The van der Waals surface area contributed by atoms with Crippen molar-refractivity contribution in [3.8, 4) is 0 Å². The lowest BCUT2D eigenvalue weighted by molar-refractivity contribution is -0.258. The zero-order valence-electron chi connectivity index (χ0n) is 12.0. The topological polar surface area (TPSA) is 58.7 Å². The molecular weight excluding hydrogens is 318 g/mol. The van der Waals surface area contributed by atoms with E-state index in [-0.39, 0.29) is 5.70 Å². The van der Waals surface area contributed by atoms with Crippen molar-refractivity contribution < 1.29 is 36.2 Å². The van der Waals surface area contributed by atoms with Gasteiger partial charge in [-0.1, -0.05) is 0 Å². The Balaban J connectivity index is 3.33. The summed E-state index contributed by atoms with van der Waals surface area (Å²) in [5.41, 5.74) is 0.642. The Hall–Kier alpha value is -1.58. The summed E-state index contributed by atoms with van der Waals surface area (Å²) in [4.78, 5) is 0.644.